The van der Waals surface area contributed by atoms with Crippen molar-refractivity contribution in [1.29, 1.82) is 0 Å². The maximum atomic E-state index is 12.3. The highest BCUT2D eigenvalue weighted by Crippen LogP contribution is 2.23. The smallest absolute Gasteiger partial charge is 0.330 e. The number of hydroxylamine groups is 2. The third-order valence-electron chi connectivity index (χ3n) is 3.76. The Hall–Kier alpha value is -1.59. The van der Waals surface area contributed by atoms with Crippen LogP contribution in [0.1, 0.15) is 33.6 Å². The number of rotatable bonds is 3. The average molecular weight is 339 g/mol. The molecule has 1 amide bonds. The molecule has 6 heteroatoms. The molecule has 0 saturated carbocycles. The standard InChI is InChI=1S/C17H23ClN2O3/c1-17(2,3)16(22)23-20-10-8-12(9-11-20)15(21)19-14-6-4-13(18)5-7-14/h4-7,12H,8-11H2,1-3H3,(H,19,21). The van der Waals surface area contributed by atoms with Crippen LogP contribution in [0.2, 0.25) is 5.02 Å². The molecule has 1 aromatic rings. The Bertz CT molecular complexity index is 558. The second-order valence-electron chi connectivity index (χ2n) is 6.83. The summed E-state index contributed by atoms with van der Waals surface area (Å²) in [6, 6.07) is 7.04. The van der Waals surface area contributed by atoms with Crippen molar-refractivity contribution in [2.24, 2.45) is 11.3 Å². The summed E-state index contributed by atoms with van der Waals surface area (Å²) in [4.78, 5) is 29.5. The lowest BCUT2D eigenvalue weighted by Crippen LogP contribution is -2.41. The van der Waals surface area contributed by atoms with E-state index in [9.17, 15) is 9.59 Å². The zero-order valence-electron chi connectivity index (χ0n) is 13.8. The normalized spacial score (nSPS) is 16.9. The SMILES string of the molecule is CC(C)(C)C(=O)ON1CCC(C(=O)Nc2ccc(Cl)cc2)CC1. The first-order valence-electron chi connectivity index (χ1n) is 7.79. The van der Waals surface area contributed by atoms with E-state index in [1.54, 1.807) is 29.3 Å². The van der Waals surface area contributed by atoms with Crippen molar-refractivity contribution in [3.63, 3.8) is 0 Å². The van der Waals surface area contributed by atoms with Crippen LogP contribution in [0.3, 0.4) is 0 Å². The fourth-order valence-corrected chi connectivity index (χ4v) is 2.37. The summed E-state index contributed by atoms with van der Waals surface area (Å²) in [6.45, 7) is 6.60. The molecule has 0 radical (unpaired) electrons. The minimum Gasteiger partial charge on any atom is -0.367 e. The van der Waals surface area contributed by atoms with E-state index in [1.807, 2.05) is 20.8 Å². The van der Waals surface area contributed by atoms with Crippen molar-refractivity contribution in [1.82, 2.24) is 5.06 Å². The maximum absolute atomic E-state index is 12.3. The monoisotopic (exact) mass is 338 g/mol. The molecule has 1 fully saturated rings. The van der Waals surface area contributed by atoms with Gasteiger partial charge >= 0.3 is 5.97 Å². The van der Waals surface area contributed by atoms with E-state index in [0.717, 1.165) is 5.69 Å². The number of amides is 1. The molecule has 0 aliphatic carbocycles. The van der Waals surface area contributed by atoms with Gasteiger partial charge in [0.2, 0.25) is 5.91 Å². The lowest BCUT2D eigenvalue weighted by Gasteiger charge is -2.31. The van der Waals surface area contributed by atoms with Crippen molar-refractivity contribution < 1.29 is 14.4 Å². The van der Waals surface area contributed by atoms with Crippen LogP contribution in [-0.4, -0.2) is 30.0 Å². The molecule has 0 unspecified atom stereocenters. The Morgan fingerprint density at radius 1 is 1.17 bits per heavy atom. The highest BCUT2D eigenvalue weighted by molar-refractivity contribution is 6.30. The third-order valence-corrected chi connectivity index (χ3v) is 4.01. The van der Waals surface area contributed by atoms with Gasteiger partial charge in [-0.15, -0.1) is 5.06 Å². The van der Waals surface area contributed by atoms with Gasteiger partial charge in [0, 0.05) is 29.7 Å². The second-order valence-corrected chi connectivity index (χ2v) is 7.26. The zero-order chi connectivity index (χ0) is 17.0. The van der Waals surface area contributed by atoms with Gasteiger partial charge in [-0.1, -0.05) is 11.6 Å². The summed E-state index contributed by atoms with van der Waals surface area (Å²) in [7, 11) is 0. The minimum absolute atomic E-state index is 0.00544. The molecule has 1 aromatic carbocycles. The molecule has 1 aliphatic rings. The Morgan fingerprint density at radius 2 is 1.74 bits per heavy atom. The number of nitrogens with one attached hydrogen (secondary N) is 1. The average Bonchev–Trinajstić information content (AvgIpc) is 2.49. The summed E-state index contributed by atoms with van der Waals surface area (Å²) >= 11 is 5.83. The van der Waals surface area contributed by atoms with Crippen molar-refractivity contribution in [3.8, 4) is 0 Å². The quantitative estimate of drug-likeness (QED) is 0.916. The number of benzene rings is 1. The number of hydrogen-bond donors (Lipinski definition) is 1. The molecule has 1 N–H and O–H groups in total. The van der Waals surface area contributed by atoms with E-state index < -0.39 is 5.41 Å². The first kappa shape index (κ1) is 17.8. The molecule has 126 valence electrons. The summed E-state index contributed by atoms with van der Waals surface area (Å²) in [6.07, 6.45) is 1.33. The fraction of sp³-hybridized carbons (Fsp3) is 0.529. The van der Waals surface area contributed by atoms with Crippen molar-refractivity contribution in [3.05, 3.63) is 29.3 Å². The highest BCUT2D eigenvalue weighted by Gasteiger charge is 2.30. The van der Waals surface area contributed by atoms with Crippen LogP contribution in [0.5, 0.6) is 0 Å². The van der Waals surface area contributed by atoms with Crippen molar-refractivity contribution in [2.45, 2.75) is 33.6 Å². The molecular weight excluding hydrogens is 316 g/mol. The number of piperidine rings is 1. The molecule has 0 aromatic heterocycles. The van der Waals surface area contributed by atoms with Crippen LogP contribution < -0.4 is 5.32 Å². The molecule has 1 heterocycles. The molecule has 0 atom stereocenters. The van der Waals surface area contributed by atoms with Crippen LogP contribution in [-0.2, 0) is 14.4 Å². The zero-order valence-corrected chi connectivity index (χ0v) is 14.5. The first-order chi connectivity index (χ1) is 10.8. The Kier molecular flexibility index (Phi) is 5.65. The van der Waals surface area contributed by atoms with E-state index in [0.29, 0.717) is 31.0 Å². The Morgan fingerprint density at radius 3 is 2.26 bits per heavy atom. The van der Waals surface area contributed by atoms with Gasteiger partial charge in [-0.25, -0.2) is 4.79 Å². The van der Waals surface area contributed by atoms with Gasteiger partial charge in [0.15, 0.2) is 0 Å². The van der Waals surface area contributed by atoms with Gasteiger partial charge in [0.25, 0.3) is 0 Å². The minimum atomic E-state index is -0.525. The maximum Gasteiger partial charge on any atom is 0.330 e. The molecule has 0 bridgehead atoms. The van der Waals surface area contributed by atoms with Gasteiger partial charge in [0.05, 0.1) is 5.41 Å². The molecule has 23 heavy (non-hydrogen) atoms. The molecule has 0 spiro atoms. The topological polar surface area (TPSA) is 58.6 Å². The van der Waals surface area contributed by atoms with Gasteiger partial charge in [0.1, 0.15) is 0 Å². The van der Waals surface area contributed by atoms with E-state index in [2.05, 4.69) is 5.32 Å². The molecule has 5 nitrogen and oxygen atoms in total. The summed E-state index contributed by atoms with van der Waals surface area (Å²) in [5.41, 5.74) is 0.212. The molecule has 2 rings (SSSR count). The van der Waals surface area contributed by atoms with Crippen LogP contribution in [0.25, 0.3) is 0 Å². The predicted octanol–water partition coefficient (Wildman–Crippen LogP) is 3.49. The van der Waals surface area contributed by atoms with Crippen molar-refractivity contribution >= 4 is 29.2 Å². The summed E-state index contributed by atoms with van der Waals surface area (Å²) < 4.78 is 0. The van der Waals surface area contributed by atoms with Gasteiger partial charge in [-0.3, -0.25) is 4.79 Å². The van der Waals surface area contributed by atoms with Crippen LogP contribution in [0.4, 0.5) is 5.69 Å². The molecule has 1 saturated heterocycles. The number of nitrogens with zero attached hydrogens (tertiary/aromatic N) is 1. The number of anilines is 1. The summed E-state index contributed by atoms with van der Waals surface area (Å²) in [5.74, 6) is -0.328. The van der Waals surface area contributed by atoms with E-state index in [-0.39, 0.29) is 17.8 Å². The van der Waals surface area contributed by atoms with E-state index in [4.69, 9.17) is 16.4 Å². The lowest BCUT2D eigenvalue weighted by atomic mass is 9.96. The Labute approximate surface area is 141 Å². The van der Waals surface area contributed by atoms with Crippen molar-refractivity contribution in [2.75, 3.05) is 18.4 Å². The first-order valence-corrected chi connectivity index (χ1v) is 8.17. The van der Waals surface area contributed by atoms with E-state index in [1.165, 1.54) is 0 Å². The molecule has 1 aliphatic heterocycles. The number of hydrogen-bond acceptors (Lipinski definition) is 4. The number of carbonyl (C=O) groups is 2. The number of carbonyl (C=O) groups excluding carboxylic acids is 2. The largest absolute Gasteiger partial charge is 0.367 e. The van der Waals surface area contributed by atoms with E-state index >= 15 is 0 Å². The van der Waals surface area contributed by atoms with Crippen LogP contribution in [0.15, 0.2) is 24.3 Å². The third kappa shape index (κ3) is 5.22. The van der Waals surface area contributed by atoms with Gasteiger partial charge < -0.3 is 10.2 Å². The fourth-order valence-electron chi connectivity index (χ4n) is 2.24. The van der Waals surface area contributed by atoms with Crippen LogP contribution in [0, 0.1) is 11.3 Å². The van der Waals surface area contributed by atoms with Gasteiger partial charge in [-0.05, 0) is 57.9 Å². The Balaban J connectivity index is 1.81. The number of halogens is 1. The predicted molar refractivity (Wildman–Crippen MR) is 89.9 cm³/mol. The van der Waals surface area contributed by atoms with Gasteiger partial charge in [-0.2, -0.15) is 0 Å². The lowest BCUT2D eigenvalue weighted by molar-refractivity contribution is -0.205. The second kappa shape index (κ2) is 7.32. The molecular formula is C17H23ClN2O3. The highest BCUT2D eigenvalue weighted by atomic mass is 35.5. The summed E-state index contributed by atoms with van der Waals surface area (Å²) in [5, 5.41) is 5.18. The van der Waals surface area contributed by atoms with Crippen LogP contribution >= 0.6 is 11.6 Å².